The van der Waals surface area contributed by atoms with Crippen LogP contribution in [-0.2, 0) is 9.59 Å². The number of carbonyl (C=O) groups is 2. The predicted octanol–water partition coefficient (Wildman–Crippen LogP) is 4.71. The number of aromatic nitrogens is 1. The van der Waals surface area contributed by atoms with E-state index < -0.39 is 5.92 Å². The average Bonchev–Trinajstić information content (AvgIpc) is 3.55. The molecule has 0 unspecified atom stereocenters. The third-order valence-corrected chi connectivity index (χ3v) is 6.88. The van der Waals surface area contributed by atoms with Gasteiger partial charge in [0.1, 0.15) is 11.6 Å². The molecule has 0 spiro atoms. The Morgan fingerprint density at radius 3 is 2.72 bits per heavy atom. The van der Waals surface area contributed by atoms with Gasteiger partial charge in [-0.05, 0) is 62.2 Å². The number of nitrogens with one attached hydrogen (secondary N) is 2. The molecular weight excluding hydrogens is 458 g/mol. The van der Waals surface area contributed by atoms with Crippen LogP contribution in [0.5, 0.6) is 11.5 Å². The van der Waals surface area contributed by atoms with Gasteiger partial charge in [-0.3, -0.25) is 9.59 Å². The fourth-order valence-corrected chi connectivity index (χ4v) is 5.29. The van der Waals surface area contributed by atoms with Gasteiger partial charge in [0.2, 0.25) is 6.79 Å². The predicted molar refractivity (Wildman–Crippen MR) is 131 cm³/mol. The van der Waals surface area contributed by atoms with Gasteiger partial charge in [0.25, 0.3) is 5.91 Å². The highest BCUT2D eigenvalue weighted by molar-refractivity contribution is 6.09. The Morgan fingerprint density at radius 2 is 1.92 bits per heavy atom. The van der Waals surface area contributed by atoms with Crippen LogP contribution in [0.2, 0.25) is 0 Å². The molecule has 8 nitrogen and oxygen atoms in total. The molecule has 2 atom stereocenters. The Morgan fingerprint density at radius 1 is 1.06 bits per heavy atom. The minimum atomic E-state index is -0.564. The van der Waals surface area contributed by atoms with Crippen LogP contribution in [0.4, 0.5) is 5.82 Å². The van der Waals surface area contributed by atoms with Crippen molar-refractivity contribution < 1.29 is 23.5 Å². The number of nitrogens with zero attached hydrogens (tertiary/aromatic N) is 1. The van der Waals surface area contributed by atoms with Crippen molar-refractivity contribution in [3.63, 3.8) is 0 Å². The van der Waals surface area contributed by atoms with Crippen molar-refractivity contribution in [1.29, 1.82) is 0 Å². The largest absolute Gasteiger partial charge is 0.469 e. The highest BCUT2D eigenvalue weighted by Gasteiger charge is 2.42. The van der Waals surface area contributed by atoms with Gasteiger partial charge in [0, 0.05) is 46.5 Å². The van der Waals surface area contributed by atoms with Gasteiger partial charge in [0.15, 0.2) is 17.3 Å². The van der Waals surface area contributed by atoms with E-state index in [1.165, 1.54) is 0 Å². The van der Waals surface area contributed by atoms with Crippen LogP contribution < -0.4 is 20.1 Å². The number of pyridine rings is 1. The van der Waals surface area contributed by atoms with Crippen molar-refractivity contribution in [3.8, 4) is 11.5 Å². The number of dihydropyridines is 1. The normalized spacial score (nSPS) is 20.8. The molecule has 1 amide bonds. The summed E-state index contributed by atoms with van der Waals surface area (Å²) in [5, 5.41) is 6.30. The fourth-order valence-electron chi connectivity index (χ4n) is 5.29. The number of fused-ring (bicyclic) bond motifs is 1. The Bertz CT molecular complexity index is 1440. The van der Waals surface area contributed by atoms with Crippen LogP contribution in [0.3, 0.4) is 0 Å². The number of carbonyl (C=O) groups excluding carboxylic acids is 2. The Hall–Kier alpha value is -4.33. The summed E-state index contributed by atoms with van der Waals surface area (Å²) >= 11 is 0. The Kier molecular flexibility index (Phi) is 5.36. The average molecular weight is 484 g/mol. The molecule has 6 rings (SSSR count). The van der Waals surface area contributed by atoms with Crippen molar-refractivity contribution >= 4 is 17.5 Å². The summed E-state index contributed by atoms with van der Waals surface area (Å²) in [6, 6.07) is 14.8. The number of rotatable bonds is 4. The molecule has 1 aromatic carbocycles. The van der Waals surface area contributed by atoms with E-state index in [9.17, 15) is 9.59 Å². The molecule has 2 aliphatic heterocycles. The number of allylic oxidation sites excluding steroid dienone is 3. The lowest BCUT2D eigenvalue weighted by Crippen LogP contribution is -2.37. The topological polar surface area (TPSA) is 103 Å². The number of aryl methyl sites for hydroxylation is 1. The fraction of sp³-hybridized carbons (Fsp3) is 0.250. The van der Waals surface area contributed by atoms with Crippen LogP contribution in [0.1, 0.15) is 48.6 Å². The molecule has 8 heteroatoms. The van der Waals surface area contributed by atoms with Crippen LogP contribution in [-0.4, -0.2) is 23.5 Å². The van der Waals surface area contributed by atoms with Crippen LogP contribution in [0.15, 0.2) is 81.8 Å². The van der Waals surface area contributed by atoms with Crippen molar-refractivity contribution in [3.05, 3.63) is 94.4 Å². The summed E-state index contributed by atoms with van der Waals surface area (Å²) in [5.74, 6) is 1.53. The van der Waals surface area contributed by atoms with E-state index in [0.29, 0.717) is 47.0 Å². The lowest BCUT2D eigenvalue weighted by molar-refractivity contribution is -0.116. The summed E-state index contributed by atoms with van der Waals surface area (Å²) < 4.78 is 16.7. The number of amides is 1. The van der Waals surface area contributed by atoms with Gasteiger partial charge in [-0.25, -0.2) is 4.98 Å². The zero-order valence-electron chi connectivity index (χ0n) is 20.0. The molecule has 0 saturated carbocycles. The second kappa shape index (κ2) is 8.71. The number of anilines is 1. The van der Waals surface area contributed by atoms with E-state index in [-0.39, 0.29) is 24.4 Å². The zero-order chi connectivity index (χ0) is 24.8. The summed E-state index contributed by atoms with van der Waals surface area (Å²) in [6.45, 7) is 3.87. The van der Waals surface area contributed by atoms with E-state index >= 15 is 0 Å². The van der Waals surface area contributed by atoms with Gasteiger partial charge in [-0.2, -0.15) is 0 Å². The number of hydrogen-bond donors (Lipinski definition) is 2. The summed E-state index contributed by atoms with van der Waals surface area (Å²) in [6.07, 6.45) is 2.55. The lowest BCUT2D eigenvalue weighted by atomic mass is 9.72. The minimum absolute atomic E-state index is 0.0145. The number of ketones is 1. The molecule has 2 aromatic heterocycles. The smallest absolute Gasteiger partial charge is 0.255 e. The molecule has 0 fully saturated rings. The molecule has 3 aromatic rings. The van der Waals surface area contributed by atoms with Crippen LogP contribution in [0.25, 0.3) is 0 Å². The zero-order valence-corrected chi connectivity index (χ0v) is 20.0. The molecule has 182 valence electrons. The van der Waals surface area contributed by atoms with Crippen molar-refractivity contribution in [2.24, 2.45) is 0 Å². The molecule has 2 N–H and O–H groups in total. The number of Topliss-reactive ketones (excluding diaryl/α,β-unsaturated/α-hetero) is 1. The van der Waals surface area contributed by atoms with Crippen molar-refractivity contribution in [2.45, 2.75) is 38.5 Å². The van der Waals surface area contributed by atoms with E-state index in [2.05, 4.69) is 15.6 Å². The highest BCUT2D eigenvalue weighted by atomic mass is 16.7. The van der Waals surface area contributed by atoms with Crippen LogP contribution in [0, 0.1) is 6.92 Å². The molecular formula is C28H25N3O5. The maximum atomic E-state index is 13.7. The summed E-state index contributed by atoms with van der Waals surface area (Å²) in [5.41, 5.74) is 4.17. The van der Waals surface area contributed by atoms with Gasteiger partial charge in [-0.15, -0.1) is 0 Å². The minimum Gasteiger partial charge on any atom is -0.469 e. The Labute approximate surface area is 208 Å². The second-order valence-electron chi connectivity index (χ2n) is 9.26. The molecule has 1 aliphatic carbocycles. The third kappa shape index (κ3) is 3.84. The maximum Gasteiger partial charge on any atom is 0.255 e. The van der Waals surface area contributed by atoms with Gasteiger partial charge in [-0.1, -0.05) is 12.1 Å². The van der Waals surface area contributed by atoms with E-state index in [0.717, 1.165) is 22.7 Å². The SMILES string of the molecule is CC1=C(C(=O)Nc2cccc(C)n2)[C@H](c2ccc3c(c2)OCO3)C2=C(C[C@@H](c3ccco3)CC2=O)N1. The van der Waals surface area contributed by atoms with Gasteiger partial charge >= 0.3 is 0 Å². The van der Waals surface area contributed by atoms with E-state index in [1.54, 1.807) is 12.3 Å². The van der Waals surface area contributed by atoms with Crippen molar-refractivity contribution in [1.82, 2.24) is 10.3 Å². The van der Waals surface area contributed by atoms with Crippen LogP contribution >= 0.6 is 0 Å². The van der Waals surface area contributed by atoms with Gasteiger partial charge < -0.3 is 24.5 Å². The third-order valence-electron chi connectivity index (χ3n) is 6.88. The number of furan rings is 1. The number of hydrogen-bond acceptors (Lipinski definition) is 7. The quantitative estimate of drug-likeness (QED) is 0.554. The molecule has 0 radical (unpaired) electrons. The second-order valence-corrected chi connectivity index (χ2v) is 9.26. The van der Waals surface area contributed by atoms with Crippen molar-refractivity contribution in [2.75, 3.05) is 12.1 Å². The molecule has 3 aliphatic rings. The monoisotopic (exact) mass is 483 g/mol. The first-order valence-corrected chi connectivity index (χ1v) is 11.9. The summed E-state index contributed by atoms with van der Waals surface area (Å²) in [7, 11) is 0. The number of benzene rings is 1. The number of ether oxygens (including phenoxy) is 2. The summed E-state index contributed by atoms with van der Waals surface area (Å²) in [4.78, 5) is 31.8. The first-order chi connectivity index (χ1) is 17.5. The molecule has 4 heterocycles. The maximum absolute atomic E-state index is 13.7. The highest BCUT2D eigenvalue weighted by Crippen LogP contribution is 2.47. The van der Waals surface area contributed by atoms with Gasteiger partial charge in [0.05, 0.1) is 6.26 Å². The molecule has 36 heavy (non-hydrogen) atoms. The Balaban J connectivity index is 1.43. The van der Waals surface area contributed by atoms with E-state index in [1.807, 2.05) is 56.3 Å². The lowest BCUT2D eigenvalue weighted by Gasteiger charge is -2.36. The first kappa shape index (κ1) is 22.2. The first-order valence-electron chi connectivity index (χ1n) is 11.9. The van der Waals surface area contributed by atoms with E-state index in [4.69, 9.17) is 13.9 Å². The molecule has 0 bridgehead atoms. The standard InChI is InChI=1S/C28H25N3O5/c1-15-5-3-7-24(29-15)31-28(33)25-16(2)30-19-11-18(21-6-4-10-34-21)12-20(32)27(19)26(25)17-8-9-22-23(13-17)36-14-35-22/h3-10,13,18,26,30H,11-12,14H2,1-2H3,(H,29,31,33)/t18-,26+/m1/s1. The molecule has 0 saturated heterocycles.